The first-order valence-corrected chi connectivity index (χ1v) is 11.5. The van der Waals surface area contributed by atoms with E-state index < -0.39 is 27.9 Å². The van der Waals surface area contributed by atoms with Gasteiger partial charge in [-0.25, -0.2) is 8.42 Å². The lowest BCUT2D eigenvalue weighted by atomic mass is 10.2. The Bertz CT molecular complexity index is 1130. The fourth-order valence-corrected chi connectivity index (χ4v) is 5.21. The average Bonchev–Trinajstić information content (AvgIpc) is 3.37. The lowest BCUT2D eigenvalue weighted by Gasteiger charge is -2.25. The monoisotopic (exact) mass is 461 g/mol. The van der Waals surface area contributed by atoms with Gasteiger partial charge in [-0.1, -0.05) is 12.1 Å². The van der Waals surface area contributed by atoms with Crippen molar-refractivity contribution in [3.8, 4) is 17.2 Å². The molecule has 0 aromatic heterocycles. The van der Waals surface area contributed by atoms with Gasteiger partial charge in [-0.15, -0.1) is 0 Å². The van der Waals surface area contributed by atoms with Gasteiger partial charge in [-0.05, 0) is 43.2 Å². The topological polar surface area (TPSA) is 123 Å². The van der Waals surface area contributed by atoms with E-state index >= 15 is 0 Å². The fourth-order valence-electron chi connectivity index (χ4n) is 3.51. The van der Waals surface area contributed by atoms with E-state index in [2.05, 4.69) is 10.9 Å². The predicted octanol–water partition coefficient (Wildman–Crippen LogP) is 1.08. The van der Waals surface area contributed by atoms with E-state index in [0.29, 0.717) is 24.6 Å². The van der Waals surface area contributed by atoms with Crippen molar-refractivity contribution < 1.29 is 32.2 Å². The van der Waals surface area contributed by atoms with E-state index in [0.717, 1.165) is 12.8 Å². The first-order chi connectivity index (χ1) is 15.4. The van der Waals surface area contributed by atoms with Gasteiger partial charge >= 0.3 is 0 Å². The van der Waals surface area contributed by atoms with Gasteiger partial charge in [-0.2, -0.15) is 4.31 Å². The molecule has 2 heterocycles. The van der Waals surface area contributed by atoms with Crippen LogP contribution in [0, 0.1) is 0 Å². The Hall–Kier alpha value is -3.31. The molecule has 0 spiro atoms. The summed E-state index contributed by atoms with van der Waals surface area (Å²) in [7, 11) is -2.45. The van der Waals surface area contributed by atoms with E-state index in [1.165, 1.54) is 29.6 Å². The molecule has 0 saturated carbocycles. The number of para-hydroxylation sites is 2. The van der Waals surface area contributed by atoms with Crippen molar-refractivity contribution >= 4 is 21.8 Å². The third kappa shape index (κ3) is 4.34. The third-order valence-corrected chi connectivity index (χ3v) is 7.13. The molecule has 2 aliphatic rings. The van der Waals surface area contributed by atoms with Crippen LogP contribution in [-0.4, -0.2) is 57.4 Å². The van der Waals surface area contributed by atoms with Crippen molar-refractivity contribution in [3.05, 3.63) is 48.0 Å². The summed E-state index contributed by atoms with van der Waals surface area (Å²) in [4.78, 5) is 24.9. The number of amides is 2. The molecular weight excluding hydrogens is 438 g/mol. The van der Waals surface area contributed by atoms with Crippen molar-refractivity contribution in [1.82, 2.24) is 15.2 Å². The normalized spacial score (nSPS) is 18.1. The Kier molecular flexibility index (Phi) is 6.19. The van der Waals surface area contributed by atoms with E-state index in [1.807, 2.05) is 0 Å². The number of benzene rings is 2. The van der Waals surface area contributed by atoms with E-state index in [4.69, 9.17) is 14.2 Å². The maximum absolute atomic E-state index is 13.0. The summed E-state index contributed by atoms with van der Waals surface area (Å²) < 4.78 is 43.6. The maximum Gasteiger partial charge on any atom is 0.283 e. The largest absolute Gasteiger partial charge is 0.495 e. The molecule has 10 nitrogen and oxygen atoms in total. The first kappa shape index (κ1) is 21.9. The summed E-state index contributed by atoms with van der Waals surface area (Å²) >= 11 is 0. The number of hydrazine groups is 1. The number of carbonyl (C=O) groups is 2. The smallest absolute Gasteiger partial charge is 0.283 e. The zero-order chi connectivity index (χ0) is 22.7. The van der Waals surface area contributed by atoms with E-state index in [9.17, 15) is 18.0 Å². The van der Waals surface area contributed by atoms with Crippen LogP contribution in [0.5, 0.6) is 17.2 Å². The first-order valence-electron chi connectivity index (χ1n) is 10.1. The molecule has 32 heavy (non-hydrogen) atoms. The summed E-state index contributed by atoms with van der Waals surface area (Å²) in [5.74, 6) is -0.186. The molecule has 11 heteroatoms. The van der Waals surface area contributed by atoms with Crippen molar-refractivity contribution in [3.63, 3.8) is 0 Å². The summed E-state index contributed by atoms with van der Waals surface area (Å²) in [6.45, 7) is 0.828. The number of hydrogen-bond acceptors (Lipinski definition) is 7. The highest BCUT2D eigenvalue weighted by atomic mass is 32.2. The number of methoxy groups -OCH3 is 1. The molecule has 4 rings (SSSR count). The quantitative estimate of drug-likeness (QED) is 0.639. The van der Waals surface area contributed by atoms with Crippen LogP contribution < -0.4 is 25.1 Å². The van der Waals surface area contributed by atoms with Crippen molar-refractivity contribution in [1.29, 1.82) is 0 Å². The number of nitrogens with one attached hydrogen (secondary N) is 2. The third-order valence-electron chi connectivity index (χ3n) is 5.21. The van der Waals surface area contributed by atoms with Crippen LogP contribution in [0.25, 0.3) is 0 Å². The van der Waals surface area contributed by atoms with Gasteiger partial charge < -0.3 is 14.2 Å². The fraction of sp³-hybridized carbons (Fsp3) is 0.333. The summed E-state index contributed by atoms with van der Waals surface area (Å²) in [6, 6.07) is 11.0. The second-order valence-electron chi connectivity index (χ2n) is 7.28. The molecule has 0 radical (unpaired) electrons. The number of carbonyl (C=O) groups excluding carboxylic acids is 2. The van der Waals surface area contributed by atoms with Crippen LogP contribution in [0.2, 0.25) is 0 Å². The van der Waals surface area contributed by atoms with Crippen LogP contribution in [0.3, 0.4) is 0 Å². The number of ether oxygens (including phenoxy) is 3. The lowest BCUT2D eigenvalue weighted by molar-refractivity contribution is -0.131. The van der Waals surface area contributed by atoms with E-state index in [-0.39, 0.29) is 22.8 Å². The Labute approximate surface area is 185 Å². The Morgan fingerprint density at radius 2 is 1.78 bits per heavy atom. The summed E-state index contributed by atoms with van der Waals surface area (Å²) in [5.41, 5.74) is 4.62. The number of fused-ring (bicyclic) bond motifs is 1. The standard InChI is InChI=1S/C21H23N3O7S/c1-29-17-9-8-14(12-19(17)32(27,28)24-10-4-5-11-24)20(25)22-23-21(26)18-13-30-15-6-2-3-7-16(15)31-18/h2-3,6-9,12,18H,4-5,10-11,13H2,1H3,(H,22,25)(H,23,26)/t18-/m1/s1. The van der Waals surface area contributed by atoms with Gasteiger partial charge in [0.15, 0.2) is 11.5 Å². The minimum Gasteiger partial charge on any atom is -0.495 e. The Balaban J connectivity index is 1.44. The molecule has 0 aliphatic carbocycles. The zero-order valence-corrected chi connectivity index (χ0v) is 18.2. The van der Waals surface area contributed by atoms with Crippen LogP contribution in [0.15, 0.2) is 47.4 Å². The summed E-state index contributed by atoms with van der Waals surface area (Å²) in [5, 5.41) is 0. The highest BCUT2D eigenvalue weighted by molar-refractivity contribution is 7.89. The van der Waals surface area contributed by atoms with Gasteiger partial charge in [0.05, 0.1) is 7.11 Å². The Morgan fingerprint density at radius 3 is 2.50 bits per heavy atom. The van der Waals surface area contributed by atoms with Crippen molar-refractivity contribution in [2.45, 2.75) is 23.8 Å². The van der Waals surface area contributed by atoms with Crippen LogP contribution in [0.4, 0.5) is 0 Å². The van der Waals surface area contributed by atoms with Gasteiger partial charge in [0.1, 0.15) is 17.3 Å². The molecule has 2 amide bonds. The van der Waals surface area contributed by atoms with Crippen LogP contribution >= 0.6 is 0 Å². The second-order valence-corrected chi connectivity index (χ2v) is 9.19. The number of nitrogens with zero attached hydrogens (tertiary/aromatic N) is 1. The number of hydrogen-bond donors (Lipinski definition) is 2. The highest BCUT2D eigenvalue weighted by Gasteiger charge is 2.31. The minimum absolute atomic E-state index is 0.0144. The molecule has 2 aromatic carbocycles. The lowest BCUT2D eigenvalue weighted by Crippen LogP contribution is -2.50. The Morgan fingerprint density at radius 1 is 1.06 bits per heavy atom. The highest BCUT2D eigenvalue weighted by Crippen LogP contribution is 2.31. The van der Waals surface area contributed by atoms with Crippen LogP contribution in [0.1, 0.15) is 23.2 Å². The molecule has 0 unspecified atom stereocenters. The molecule has 2 aliphatic heterocycles. The van der Waals surface area contributed by atoms with Crippen molar-refractivity contribution in [2.75, 3.05) is 26.8 Å². The molecule has 1 fully saturated rings. The van der Waals surface area contributed by atoms with Gasteiger partial charge in [0, 0.05) is 18.7 Å². The van der Waals surface area contributed by atoms with E-state index in [1.54, 1.807) is 24.3 Å². The number of sulfonamides is 1. The molecule has 0 bridgehead atoms. The SMILES string of the molecule is COc1ccc(C(=O)NNC(=O)[C@H]2COc3ccccc3O2)cc1S(=O)(=O)N1CCCC1. The molecule has 2 aromatic rings. The predicted molar refractivity (Wildman–Crippen MR) is 113 cm³/mol. The minimum atomic E-state index is -3.81. The second kappa shape index (κ2) is 9.05. The number of rotatable bonds is 5. The molecule has 170 valence electrons. The molecular formula is C21H23N3O7S. The van der Waals surface area contributed by atoms with Gasteiger partial charge in [-0.3, -0.25) is 20.4 Å². The van der Waals surface area contributed by atoms with Crippen molar-refractivity contribution in [2.24, 2.45) is 0 Å². The zero-order valence-electron chi connectivity index (χ0n) is 17.4. The summed E-state index contributed by atoms with van der Waals surface area (Å²) in [6.07, 6.45) is 0.614. The molecule has 1 atom stereocenters. The maximum atomic E-state index is 13.0. The van der Waals surface area contributed by atoms with Gasteiger partial charge in [0.25, 0.3) is 11.8 Å². The van der Waals surface area contributed by atoms with Crippen LogP contribution in [-0.2, 0) is 14.8 Å². The van der Waals surface area contributed by atoms with Gasteiger partial charge in [0.2, 0.25) is 16.1 Å². The molecule has 1 saturated heterocycles. The molecule has 2 N–H and O–H groups in total. The average molecular weight is 461 g/mol.